The van der Waals surface area contributed by atoms with Gasteiger partial charge >= 0.3 is 0 Å². The SMILES string of the molecule is CCOc1ccc(C2CCC(COc3ccc(OC)cc3F)CC2)c(F)c1F. The third-order valence-electron chi connectivity index (χ3n) is 5.28. The van der Waals surface area contributed by atoms with Crippen molar-refractivity contribution in [2.24, 2.45) is 5.92 Å². The first-order chi connectivity index (χ1) is 13.5. The standard InChI is InChI=1S/C22H25F3O3/c1-3-27-20-11-9-17(21(24)22(20)25)15-6-4-14(5-7-15)13-28-19-10-8-16(26-2)12-18(19)23/h8-12,14-15H,3-7,13H2,1-2H3. The molecule has 0 aromatic heterocycles. The van der Waals surface area contributed by atoms with Crippen LogP contribution in [0.3, 0.4) is 0 Å². The largest absolute Gasteiger partial charge is 0.497 e. The molecule has 0 heterocycles. The highest BCUT2D eigenvalue weighted by molar-refractivity contribution is 5.34. The highest BCUT2D eigenvalue weighted by Crippen LogP contribution is 2.39. The van der Waals surface area contributed by atoms with Gasteiger partial charge in [-0.05, 0) is 68.2 Å². The minimum absolute atomic E-state index is 0.0286. The molecule has 0 aliphatic heterocycles. The molecule has 1 saturated carbocycles. The molecule has 152 valence electrons. The van der Waals surface area contributed by atoms with Gasteiger partial charge in [0, 0.05) is 6.07 Å². The van der Waals surface area contributed by atoms with Gasteiger partial charge in [-0.1, -0.05) is 6.07 Å². The Hall–Kier alpha value is -2.37. The molecule has 0 N–H and O–H groups in total. The van der Waals surface area contributed by atoms with Crippen LogP contribution in [0.1, 0.15) is 44.1 Å². The molecule has 0 spiro atoms. The molecular weight excluding hydrogens is 369 g/mol. The summed E-state index contributed by atoms with van der Waals surface area (Å²) in [7, 11) is 1.48. The van der Waals surface area contributed by atoms with Crippen molar-refractivity contribution in [2.45, 2.75) is 38.5 Å². The maximum atomic E-state index is 14.4. The van der Waals surface area contributed by atoms with Crippen LogP contribution >= 0.6 is 0 Å². The molecule has 1 fully saturated rings. The minimum atomic E-state index is -0.917. The van der Waals surface area contributed by atoms with Gasteiger partial charge < -0.3 is 14.2 Å². The summed E-state index contributed by atoms with van der Waals surface area (Å²) in [4.78, 5) is 0. The van der Waals surface area contributed by atoms with Crippen LogP contribution in [0.4, 0.5) is 13.2 Å². The van der Waals surface area contributed by atoms with Crippen LogP contribution in [0, 0.1) is 23.4 Å². The zero-order valence-corrected chi connectivity index (χ0v) is 16.1. The van der Waals surface area contributed by atoms with E-state index >= 15 is 0 Å². The Balaban J connectivity index is 1.55. The first-order valence-electron chi connectivity index (χ1n) is 9.60. The van der Waals surface area contributed by atoms with Crippen molar-refractivity contribution in [3.05, 3.63) is 53.3 Å². The van der Waals surface area contributed by atoms with Crippen LogP contribution in [0.25, 0.3) is 0 Å². The smallest absolute Gasteiger partial charge is 0.200 e. The third-order valence-corrected chi connectivity index (χ3v) is 5.28. The molecule has 1 aliphatic carbocycles. The molecule has 0 bridgehead atoms. The summed E-state index contributed by atoms with van der Waals surface area (Å²) in [6.45, 7) is 2.41. The van der Waals surface area contributed by atoms with Crippen molar-refractivity contribution in [1.29, 1.82) is 0 Å². The molecule has 0 radical (unpaired) electrons. The lowest BCUT2D eigenvalue weighted by Gasteiger charge is -2.29. The molecule has 0 atom stereocenters. The summed E-state index contributed by atoms with van der Waals surface area (Å²) in [6.07, 6.45) is 3.11. The average molecular weight is 394 g/mol. The maximum absolute atomic E-state index is 14.4. The monoisotopic (exact) mass is 394 g/mol. The van der Waals surface area contributed by atoms with Crippen molar-refractivity contribution >= 4 is 0 Å². The van der Waals surface area contributed by atoms with Crippen LogP contribution < -0.4 is 14.2 Å². The number of halogens is 3. The van der Waals surface area contributed by atoms with E-state index in [4.69, 9.17) is 14.2 Å². The van der Waals surface area contributed by atoms with Crippen molar-refractivity contribution < 1.29 is 27.4 Å². The van der Waals surface area contributed by atoms with Gasteiger partial charge in [-0.2, -0.15) is 4.39 Å². The molecule has 0 saturated heterocycles. The second-order valence-electron chi connectivity index (χ2n) is 7.04. The van der Waals surface area contributed by atoms with Gasteiger partial charge in [0.25, 0.3) is 0 Å². The molecule has 28 heavy (non-hydrogen) atoms. The van der Waals surface area contributed by atoms with E-state index in [1.165, 1.54) is 19.2 Å². The molecule has 0 unspecified atom stereocenters. The zero-order chi connectivity index (χ0) is 20.1. The van der Waals surface area contributed by atoms with E-state index in [1.54, 1.807) is 25.1 Å². The fourth-order valence-electron chi connectivity index (χ4n) is 3.70. The highest BCUT2D eigenvalue weighted by Gasteiger charge is 2.27. The van der Waals surface area contributed by atoms with Gasteiger partial charge in [0.05, 0.1) is 20.3 Å². The fourth-order valence-corrected chi connectivity index (χ4v) is 3.70. The Kier molecular flexibility index (Phi) is 6.70. The quantitative estimate of drug-likeness (QED) is 0.588. The van der Waals surface area contributed by atoms with Crippen LogP contribution in [0.15, 0.2) is 30.3 Å². The molecule has 3 rings (SSSR count). The zero-order valence-electron chi connectivity index (χ0n) is 16.1. The fraction of sp³-hybridized carbons (Fsp3) is 0.455. The lowest BCUT2D eigenvalue weighted by molar-refractivity contribution is 0.193. The van der Waals surface area contributed by atoms with Gasteiger partial charge in [0.2, 0.25) is 5.82 Å². The normalized spacial score (nSPS) is 19.3. The average Bonchev–Trinajstić information content (AvgIpc) is 2.71. The number of rotatable bonds is 7. The Labute approximate surface area is 163 Å². The van der Waals surface area contributed by atoms with E-state index in [9.17, 15) is 13.2 Å². The topological polar surface area (TPSA) is 27.7 Å². The van der Waals surface area contributed by atoms with Gasteiger partial charge in [-0.3, -0.25) is 0 Å². The van der Waals surface area contributed by atoms with E-state index in [2.05, 4.69) is 0 Å². The van der Waals surface area contributed by atoms with E-state index in [0.29, 0.717) is 17.9 Å². The number of ether oxygens (including phenoxy) is 3. The first-order valence-corrected chi connectivity index (χ1v) is 9.60. The minimum Gasteiger partial charge on any atom is -0.497 e. The molecule has 1 aliphatic rings. The Morgan fingerprint density at radius 2 is 1.61 bits per heavy atom. The molecular formula is C22H25F3O3. The summed E-state index contributed by atoms with van der Waals surface area (Å²) >= 11 is 0. The van der Waals surface area contributed by atoms with Gasteiger partial charge in [0.1, 0.15) is 5.75 Å². The summed E-state index contributed by atoms with van der Waals surface area (Å²) in [5.74, 6) is -1.37. The maximum Gasteiger partial charge on any atom is 0.200 e. The van der Waals surface area contributed by atoms with Crippen LogP contribution in [-0.2, 0) is 0 Å². The lowest BCUT2D eigenvalue weighted by Crippen LogP contribution is -2.20. The predicted octanol–water partition coefficient (Wildman–Crippen LogP) is 5.86. The van der Waals surface area contributed by atoms with E-state index in [-0.39, 0.29) is 29.9 Å². The summed E-state index contributed by atoms with van der Waals surface area (Å²) < 4.78 is 58.2. The van der Waals surface area contributed by atoms with Crippen molar-refractivity contribution in [2.75, 3.05) is 20.3 Å². The summed E-state index contributed by atoms with van der Waals surface area (Å²) in [5, 5.41) is 0. The molecule has 6 heteroatoms. The van der Waals surface area contributed by atoms with Crippen LogP contribution in [0.5, 0.6) is 17.2 Å². The summed E-state index contributed by atoms with van der Waals surface area (Å²) in [6, 6.07) is 7.61. The number of hydrogen-bond donors (Lipinski definition) is 0. The van der Waals surface area contributed by atoms with E-state index in [1.807, 2.05) is 0 Å². The number of methoxy groups -OCH3 is 1. The van der Waals surface area contributed by atoms with Crippen LogP contribution in [-0.4, -0.2) is 20.3 Å². The lowest BCUT2D eigenvalue weighted by atomic mass is 9.79. The Bertz CT molecular complexity index is 802. The molecule has 0 amide bonds. The second-order valence-corrected chi connectivity index (χ2v) is 7.04. The molecule has 2 aromatic carbocycles. The second kappa shape index (κ2) is 9.22. The predicted molar refractivity (Wildman–Crippen MR) is 101 cm³/mol. The Morgan fingerprint density at radius 1 is 0.893 bits per heavy atom. The van der Waals surface area contributed by atoms with Crippen molar-refractivity contribution in [3.63, 3.8) is 0 Å². The molecule has 3 nitrogen and oxygen atoms in total. The number of hydrogen-bond acceptors (Lipinski definition) is 3. The third kappa shape index (κ3) is 4.54. The van der Waals surface area contributed by atoms with E-state index in [0.717, 1.165) is 25.7 Å². The molecule has 2 aromatic rings. The van der Waals surface area contributed by atoms with Crippen LogP contribution in [0.2, 0.25) is 0 Å². The van der Waals surface area contributed by atoms with Gasteiger partial charge in [-0.25, -0.2) is 8.78 Å². The van der Waals surface area contributed by atoms with Gasteiger partial charge in [-0.15, -0.1) is 0 Å². The van der Waals surface area contributed by atoms with Gasteiger partial charge in [0.15, 0.2) is 23.1 Å². The number of benzene rings is 2. The Morgan fingerprint density at radius 3 is 2.25 bits per heavy atom. The highest BCUT2D eigenvalue weighted by atomic mass is 19.2. The summed E-state index contributed by atoms with van der Waals surface area (Å²) in [5.41, 5.74) is 0.404. The van der Waals surface area contributed by atoms with E-state index < -0.39 is 17.5 Å². The first kappa shape index (κ1) is 20.4. The van der Waals surface area contributed by atoms with Crippen molar-refractivity contribution in [3.8, 4) is 17.2 Å². The van der Waals surface area contributed by atoms with Crippen molar-refractivity contribution in [1.82, 2.24) is 0 Å².